The van der Waals surface area contributed by atoms with Crippen molar-refractivity contribution in [1.29, 1.82) is 0 Å². The molecule has 0 bridgehead atoms. The van der Waals surface area contributed by atoms with E-state index in [-0.39, 0.29) is 11.9 Å². The molecule has 4 rings (SSSR count). The van der Waals surface area contributed by atoms with Gasteiger partial charge in [0.2, 0.25) is 10.0 Å². The Hall–Kier alpha value is -2.34. The Morgan fingerprint density at radius 1 is 1.07 bits per heavy atom. The Kier molecular flexibility index (Phi) is 5.63. The van der Waals surface area contributed by atoms with Crippen LogP contribution in [0.25, 0.3) is 0 Å². The van der Waals surface area contributed by atoms with Crippen LogP contribution in [0.15, 0.2) is 48.5 Å². The maximum absolute atomic E-state index is 13.1. The number of rotatable bonds is 5. The van der Waals surface area contributed by atoms with E-state index in [1.165, 1.54) is 29.8 Å². The summed E-state index contributed by atoms with van der Waals surface area (Å²) < 4.78 is 25.3. The average Bonchev–Trinajstić information content (AvgIpc) is 3.17. The number of amides is 1. The van der Waals surface area contributed by atoms with Crippen molar-refractivity contribution < 1.29 is 13.2 Å². The van der Waals surface area contributed by atoms with Crippen molar-refractivity contribution in [2.24, 2.45) is 5.92 Å². The van der Waals surface area contributed by atoms with Crippen molar-refractivity contribution in [2.45, 2.75) is 44.6 Å². The van der Waals surface area contributed by atoms with Crippen LogP contribution in [-0.4, -0.2) is 27.1 Å². The quantitative estimate of drug-likeness (QED) is 0.805. The molecule has 1 unspecified atom stereocenters. The number of nitrogens with zero attached hydrogens (tertiary/aromatic N) is 1. The molecule has 0 spiro atoms. The first kappa shape index (κ1) is 20.0. The molecule has 154 valence electrons. The molecule has 1 atom stereocenters. The van der Waals surface area contributed by atoms with Crippen LogP contribution in [0.1, 0.15) is 59.6 Å². The number of carbonyl (C=O) groups excluding carboxylic acids is 1. The summed E-state index contributed by atoms with van der Waals surface area (Å²) in [6.45, 7) is 0.438. The van der Waals surface area contributed by atoms with Crippen molar-refractivity contribution in [2.75, 3.05) is 17.1 Å². The predicted molar refractivity (Wildman–Crippen MR) is 116 cm³/mol. The van der Waals surface area contributed by atoms with Crippen molar-refractivity contribution >= 4 is 21.6 Å². The molecule has 1 heterocycles. The number of nitrogens with one attached hydrogen (secondary N) is 1. The van der Waals surface area contributed by atoms with E-state index in [0.29, 0.717) is 30.1 Å². The van der Waals surface area contributed by atoms with E-state index in [1.807, 2.05) is 24.3 Å². The smallest absolute Gasteiger partial charge is 0.251 e. The monoisotopic (exact) mass is 412 g/mol. The number of hydrogen-bond acceptors (Lipinski definition) is 3. The first-order valence-corrected chi connectivity index (χ1v) is 12.2. The van der Waals surface area contributed by atoms with Gasteiger partial charge in [-0.3, -0.25) is 9.10 Å². The summed E-state index contributed by atoms with van der Waals surface area (Å²) >= 11 is 0. The van der Waals surface area contributed by atoms with Crippen LogP contribution in [0.5, 0.6) is 0 Å². The van der Waals surface area contributed by atoms with Crippen LogP contribution in [0.3, 0.4) is 0 Å². The molecule has 1 aliphatic carbocycles. The summed E-state index contributed by atoms with van der Waals surface area (Å²) in [7, 11) is -3.29. The highest BCUT2D eigenvalue weighted by molar-refractivity contribution is 7.92. The zero-order valence-electron chi connectivity index (χ0n) is 16.8. The summed E-state index contributed by atoms with van der Waals surface area (Å²) in [6.07, 6.45) is 7.81. The van der Waals surface area contributed by atoms with E-state index < -0.39 is 10.0 Å². The summed E-state index contributed by atoms with van der Waals surface area (Å²) in [5.74, 6) is 0.357. The number of benzene rings is 2. The number of carbonyl (C=O) groups is 1. The summed E-state index contributed by atoms with van der Waals surface area (Å²) in [5, 5.41) is 3.28. The topological polar surface area (TPSA) is 66.5 Å². The van der Waals surface area contributed by atoms with E-state index in [4.69, 9.17) is 0 Å². The minimum absolute atomic E-state index is 0.00442. The number of fused-ring (bicyclic) bond motifs is 1. The zero-order chi connectivity index (χ0) is 20.4. The molecular weight excluding hydrogens is 384 g/mol. The predicted octanol–water partition coefficient (Wildman–Crippen LogP) is 4.06. The maximum atomic E-state index is 13.1. The van der Waals surface area contributed by atoms with E-state index in [2.05, 4.69) is 17.4 Å². The fraction of sp³-hybridized carbons (Fsp3) is 0.435. The Balaban J connectivity index is 1.57. The lowest BCUT2D eigenvalue weighted by Crippen LogP contribution is -2.34. The average molecular weight is 413 g/mol. The third kappa shape index (κ3) is 4.32. The van der Waals surface area contributed by atoms with Crippen molar-refractivity contribution in [1.82, 2.24) is 5.32 Å². The Labute approximate surface area is 173 Å². The van der Waals surface area contributed by atoms with Crippen LogP contribution in [0, 0.1) is 5.92 Å². The minimum atomic E-state index is -3.29. The van der Waals surface area contributed by atoms with Crippen LogP contribution in [0.2, 0.25) is 0 Å². The number of sulfonamides is 1. The highest BCUT2D eigenvalue weighted by atomic mass is 32.2. The second-order valence-electron chi connectivity index (χ2n) is 8.19. The van der Waals surface area contributed by atoms with Crippen LogP contribution >= 0.6 is 0 Å². The van der Waals surface area contributed by atoms with E-state index in [1.54, 1.807) is 12.1 Å². The lowest BCUT2D eigenvalue weighted by molar-refractivity contribution is 0.0912. The summed E-state index contributed by atoms with van der Waals surface area (Å²) in [5.41, 5.74) is 3.35. The van der Waals surface area contributed by atoms with Gasteiger partial charge >= 0.3 is 0 Å². The van der Waals surface area contributed by atoms with Gasteiger partial charge in [0.15, 0.2) is 0 Å². The maximum Gasteiger partial charge on any atom is 0.251 e. The molecule has 0 aromatic heterocycles. The van der Waals surface area contributed by atoms with Gasteiger partial charge in [0.05, 0.1) is 18.0 Å². The first-order valence-electron chi connectivity index (χ1n) is 10.4. The molecule has 1 amide bonds. The molecule has 1 saturated carbocycles. The molecule has 5 nitrogen and oxygen atoms in total. The third-order valence-electron chi connectivity index (χ3n) is 6.16. The Morgan fingerprint density at radius 3 is 2.48 bits per heavy atom. The van der Waals surface area contributed by atoms with Gasteiger partial charge in [-0.15, -0.1) is 0 Å². The number of hydrogen-bond donors (Lipinski definition) is 1. The zero-order valence-corrected chi connectivity index (χ0v) is 17.6. The van der Waals surface area contributed by atoms with Crippen molar-refractivity contribution in [3.63, 3.8) is 0 Å². The van der Waals surface area contributed by atoms with Gasteiger partial charge in [0, 0.05) is 12.1 Å². The highest BCUT2D eigenvalue weighted by Crippen LogP contribution is 2.35. The molecule has 1 aliphatic heterocycles. The molecule has 1 N–H and O–H groups in total. The lowest BCUT2D eigenvalue weighted by atomic mass is 9.81. The molecular formula is C23H28N2O3S. The molecule has 1 fully saturated rings. The summed E-state index contributed by atoms with van der Waals surface area (Å²) in [6, 6.07) is 15.6. The summed E-state index contributed by atoms with van der Waals surface area (Å²) in [4.78, 5) is 13.1. The van der Waals surface area contributed by atoms with Gasteiger partial charge in [-0.2, -0.15) is 0 Å². The van der Waals surface area contributed by atoms with Crippen molar-refractivity contribution in [3.05, 3.63) is 65.2 Å². The van der Waals surface area contributed by atoms with Gasteiger partial charge in [-0.1, -0.05) is 49.6 Å². The minimum Gasteiger partial charge on any atom is -0.345 e. The second-order valence-corrected chi connectivity index (χ2v) is 10.1. The van der Waals surface area contributed by atoms with Gasteiger partial charge in [0.25, 0.3) is 5.91 Å². The first-order chi connectivity index (χ1) is 13.9. The lowest BCUT2D eigenvalue weighted by Gasteiger charge is -2.31. The van der Waals surface area contributed by atoms with Crippen LogP contribution < -0.4 is 9.62 Å². The van der Waals surface area contributed by atoms with Gasteiger partial charge in [-0.05, 0) is 54.5 Å². The van der Waals surface area contributed by atoms with Gasteiger partial charge in [0.1, 0.15) is 0 Å². The molecule has 0 radical (unpaired) electrons. The molecule has 0 saturated heterocycles. The van der Waals surface area contributed by atoms with Gasteiger partial charge in [-0.25, -0.2) is 8.42 Å². The Morgan fingerprint density at radius 2 is 1.79 bits per heavy atom. The largest absolute Gasteiger partial charge is 0.345 e. The molecule has 2 aliphatic rings. The van der Waals surface area contributed by atoms with E-state index >= 15 is 0 Å². The second kappa shape index (κ2) is 8.19. The molecule has 6 heteroatoms. The third-order valence-corrected chi connectivity index (χ3v) is 7.34. The van der Waals surface area contributed by atoms with Crippen LogP contribution in [0.4, 0.5) is 5.69 Å². The molecule has 29 heavy (non-hydrogen) atoms. The fourth-order valence-electron chi connectivity index (χ4n) is 4.68. The van der Waals surface area contributed by atoms with Crippen molar-refractivity contribution in [3.8, 4) is 0 Å². The fourth-order valence-corrected chi connectivity index (χ4v) is 5.64. The normalized spacial score (nSPS) is 18.3. The highest BCUT2D eigenvalue weighted by Gasteiger charge is 2.29. The Bertz CT molecular complexity index is 982. The standard InChI is InChI=1S/C23H28N2O3S/c1-29(27,28)25-15-14-19-16-20(12-13-21(19)25)23(26)24-22(17-8-4-2-5-9-17)18-10-6-3-7-11-18/h2,4-5,8-9,12-13,16,18,22H,3,6-7,10-11,14-15H2,1H3,(H,24,26). The van der Waals surface area contributed by atoms with E-state index in [0.717, 1.165) is 24.0 Å². The van der Waals surface area contributed by atoms with E-state index in [9.17, 15) is 13.2 Å². The molecule has 2 aromatic rings. The SMILES string of the molecule is CS(=O)(=O)N1CCc2cc(C(=O)NC(c3ccccc3)C3CCCCC3)ccc21. The van der Waals surface area contributed by atoms with Crippen LogP contribution in [-0.2, 0) is 16.4 Å². The van der Waals surface area contributed by atoms with Gasteiger partial charge < -0.3 is 5.32 Å². The number of anilines is 1. The molecule has 2 aromatic carbocycles.